The van der Waals surface area contributed by atoms with Crippen molar-refractivity contribution < 1.29 is 27.7 Å². The van der Waals surface area contributed by atoms with Gasteiger partial charge in [0.2, 0.25) is 0 Å². The van der Waals surface area contributed by atoms with Crippen molar-refractivity contribution in [1.82, 2.24) is 4.90 Å². The highest BCUT2D eigenvalue weighted by molar-refractivity contribution is 6.33. The van der Waals surface area contributed by atoms with Crippen molar-refractivity contribution >= 4 is 40.5 Å². The Hall–Kier alpha value is -3.34. The molecule has 0 aliphatic carbocycles. The van der Waals surface area contributed by atoms with E-state index in [1.54, 1.807) is 17.0 Å². The second-order valence-corrected chi connectivity index (χ2v) is 7.11. The Morgan fingerprint density at radius 1 is 1.03 bits per heavy atom. The van der Waals surface area contributed by atoms with Crippen LogP contribution in [0.15, 0.2) is 42.5 Å². The third kappa shape index (κ3) is 5.23. The zero-order chi connectivity index (χ0) is 22.8. The summed E-state index contributed by atoms with van der Waals surface area (Å²) in [7, 11) is 0. The van der Waals surface area contributed by atoms with Crippen LogP contribution in [0.4, 0.5) is 30.2 Å². The Balaban J connectivity index is 1.63. The zero-order valence-corrected chi connectivity index (χ0v) is 16.6. The molecule has 3 rings (SSSR count). The molecule has 1 aliphatic rings. The minimum absolute atomic E-state index is 0.0900. The lowest BCUT2D eigenvalue weighted by atomic mass is 10.2. The van der Waals surface area contributed by atoms with Crippen LogP contribution in [0, 0.1) is 10.1 Å². The van der Waals surface area contributed by atoms with Crippen LogP contribution in [-0.4, -0.2) is 54.0 Å². The fraction of sp³-hybridized carbons (Fsp3) is 0.263. The van der Waals surface area contributed by atoms with Gasteiger partial charge in [0.15, 0.2) is 0 Å². The number of piperazine rings is 1. The third-order valence-electron chi connectivity index (χ3n) is 4.70. The number of nitro groups is 1. The molecule has 1 N–H and O–H groups in total. The average Bonchev–Trinajstić information content (AvgIpc) is 2.73. The maximum atomic E-state index is 12.6. The molecule has 1 saturated heterocycles. The predicted molar refractivity (Wildman–Crippen MR) is 107 cm³/mol. The van der Waals surface area contributed by atoms with Crippen LogP contribution in [0.3, 0.4) is 0 Å². The number of hydrogen-bond acceptors (Lipinski definition) is 5. The van der Waals surface area contributed by atoms with Gasteiger partial charge in [-0.2, -0.15) is 13.2 Å². The number of nitrogens with one attached hydrogen (secondary N) is 1. The number of halogens is 4. The van der Waals surface area contributed by atoms with Crippen LogP contribution in [0.5, 0.6) is 0 Å². The molecule has 1 aliphatic heterocycles. The molecule has 12 heteroatoms. The van der Waals surface area contributed by atoms with Gasteiger partial charge in [-0.15, -0.1) is 0 Å². The number of amides is 2. The quantitative estimate of drug-likeness (QED) is 0.559. The van der Waals surface area contributed by atoms with E-state index in [2.05, 4.69) is 5.32 Å². The highest BCUT2D eigenvalue weighted by atomic mass is 35.5. The number of hydrogen-bond donors (Lipinski definition) is 1. The van der Waals surface area contributed by atoms with Crippen molar-refractivity contribution in [1.29, 1.82) is 0 Å². The van der Waals surface area contributed by atoms with Crippen LogP contribution in [0.2, 0.25) is 5.02 Å². The first-order valence-electron chi connectivity index (χ1n) is 9.02. The third-order valence-corrected chi connectivity index (χ3v) is 5.00. The lowest BCUT2D eigenvalue weighted by Crippen LogP contribution is -2.52. The largest absolute Gasteiger partial charge is 0.471 e. The molecule has 0 atom stereocenters. The summed E-state index contributed by atoms with van der Waals surface area (Å²) in [6.45, 7) is 0.173. The van der Waals surface area contributed by atoms with Crippen molar-refractivity contribution in [3.05, 3.63) is 63.2 Å². The lowest BCUT2D eigenvalue weighted by molar-refractivity contribution is -0.384. The Morgan fingerprint density at radius 3 is 2.16 bits per heavy atom. The number of nitro benzene ring substituents is 1. The summed E-state index contributed by atoms with van der Waals surface area (Å²) in [4.78, 5) is 36.3. The molecular weight excluding hydrogens is 441 g/mol. The lowest BCUT2D eigenvalue weighted by Gasteiger charge is -2.36. The van der Waals surface area contributed by atoms with Gasteiger partial charge in [-0.1, -0.05) is 11.6 Å². The van der Waals surface area contributed by atoms with E-state index in [1.165, 1.54) is 30.3 Å². The van der Waals surface area contributed by atoms with Gasteiger partial charge >= 0.3 is 12.1 Å². The standard InChI is InChI=1S/C19H16ClF3N4O4/c20-15-11-13(24-17(28)12-1-4-14(5-2-12)27(30)31)3-6-16(15)25-7-9-26(10-8-25)18(29)19(21,22)23/h1-6,11H,7-10H2,(H,24,28). The summed E-state index contributed by atoms with van der Waals surface area (Å²) in [5.74, 6) is -2.35. The second kappa shape index (κ2) is 8.80. The van der Waals surface area contributed by atoms with Gasteiger partial charge in [0.1, 0.15) is 0 Å². The minimum Gasteiger partial charge on any atom is -0.367 e. The first kappa shape index (κ1) is 22.3. The molecule has 0 saturated carbocycles. The summed E-state index contributed by atoms with van der Waals surface area (Å²) in [6, 6.07) is 9.78. The van der Waals surface area contributed by atoms with Gasteiger partial charge in [0, 0.05) is 49.6 Å². The first-order valence-corrected chi connectivity index (χ1v) is 9.40. The summed E-state index contributed by atoms with van der Waals surface area (Å²) >= 11 is 6.29. The molecule has 2 aromatic carbocycles. The Bertz CT molecular complexity index is 1010. The van der Waals surface area contributed by atoms with Gasteiger partial charge in [-0.3, -0.25) is 19.7 Å². The predicted octanol–water partition coefficient (Wildman–Crippen LogP) is 3.71. The van der Waals surface area contributed by atoms with Crippen LogP contribution < -0.4 is 10.2 Å². The van der Waals surface area contributed by atoms with Crippen LogP contribution in [0.25, 0.3) is 0 Å². The van der Waals surface area contributed by atoms with E-state index in [1.807, 2.05) is 0 Å². The molecule has 1 fully saturated rings. The number of carbonyl (C=O) groups is 2. The number of anilines is 2. The fourth-order valence-corrected chi connectivity index (χ4v) is 3.41. The summed E-state index contributed by atoms with van der Waals surface area (Å²) < 4.78 is 37.7. The SMILES string of the molecule is O=C(Nc1ccc(N2CCN(C(=O)C(F)(F)F)CC2)c(Cl)c1)c1ccc([N+](=O)[O-])cc1. The van der Waals surface area contributed by atoms with Gasteiger partial charge in [-0.05, 0) is 30.3 Å². The summed E-state index contributed by atoms with van der Waals surface area (Å²) in [5.41, 5.74) is 1.02. The number of nitrogens with zero attached hydrogens (tertiary/aromatic N) is 3. The molecule has 31 heavy (non-hydrogen) atoms. The van der Waals surface area contributed by atoms with E-state index in [4.69, 9.17) is 11.6 Å². The van der Waals surface area contributed by atoms with E-state index >= 15 is 0 Å². The Morgan fingerprint density at radius 2 is 1.65 bits per heavy atom. The van der Waals surface area contributed by atoms with Gasteiger partial charge < -0.3 is 15.1 Å². The molecule has 1 heterocycles. The molecule has 0 radical (unpaired) electrons. The highest BCUT2D eigenvalue weighted by Gasteiger charge is 2.43. The normalized spacial score (nSPS) is 14.3. The highest BCUT2D eigenvalue weighted by Crippen LogP contribution is 2.30. The van der Waals surface area contributed by atoms with Gasteiger partial charge in [0.05, 0.1) is 15.6 Å². The Kier molecular flexibility index (Phi) is 6.34. The van der Waals surface area contributed by atoms with Crippen LogP contribution in [-0.2, 0) is 4.79 Å². The minimum atomic E-state index is -4.90. The van der Waals surface area contributed by atoms with Crippen molar-refractivity contribution in [3.8, 4) is 0 Å². The molecule has 2 aromatic rings. The maximum absolute atomic E-state index is 12.6. The van der Waals surface area contributed by atoms with E-state index in [9.17, 15) is 32.9 Å². The van der Waals surface area contributed by atoms with E-state index < -0.39 is 22.9 Å². The maximum Gasteiger partial charge on any atom is 0.471 e. The zero-order valence-electron chi connectivity index (χ0n) is 15.9. The van der Waals surface area contributed by atoms with Crippen LogP contribution >= 0.6 is 11.6 Å². The average molecular weight is 457 g/mol. The van der Waals surface area contributed by atoms with E-state index in [0.29, 0.717) is 11.4 Å². The van der Waals surface area contributed by atoms with Crippen molar-refractivity contribution in [2.75, 3.05) is 36.4 Å². The smallest absolute Gasteiger partial charge is 0.367 e. The van der Waals surface area contributed by atoms with E-state index in [-0.39, 0.29) is 42.5 Å². The molecule has 0 aromatic heterocycles. The molecule has 2 amide bonds. The van der Waals surface area contributed by atoms with Crippen molar-refractivity contribution in [2.24, 2.45) is 0 Å². The molecule has 0 spiro atoms. The number of carbonyl (C=O) groups excluding carboxylic acids is 2. The molecule has 0 bridgehead atoms. The fourth-order valence-electron chi connectivity index (χ4n) is 3.11. The second-order valence-electron chi connectivity index (χ2n) is 6.70. The van der Waals surface area contributed by atoms with Crippen molar-refractivity contribution in [3.63, 3.8) is 0 Å². The summed E-state index contributed by atoms with van der Waals surface area (Å²) in [5, 5.41) is 13.6. The molecule has 164 valence electrons. The Labute approximate surface area is 179 Å². The molecule has 8 nitrogen and oxygen atoms in total. The van der Waals surface area contributed by atoms with Crippen molar-refractivity contribution in [2.45, 2.75) is 6.18 Å². The van der Waals surface area contributed by atoms with E-state index in [0.717, 1.165) is 4.90 Å². The van der Waals surface area contributed by atoms with Gasteiger partial charge in [-0.25, -0.2) is 0 Å². The topological polar surface area (TPSA) is 95.8 Å². The van der Waals surface area contributed by atoms with Crippen LogP contribution in [0.1, 0.15) is 10.4 Å². The number of rotatable bonds is 4. The first-order chi connectivity index (χ1) is 14.6. The monoisotopic (exact) mass is 456 g/mol. The van der Waals surface area contributed by atoms with Gasteiger partial charge in [0.25, 0.3) is 11.6 Å². The summed E-state index contributed by atoms with van der Waals surface area (Å²) in [6.07, 6.45) is -4.90. The number of alkyl halides is 3. The molecule has 0 unspecified atom stereocenters. The number of non-ortho nitro benzene ring substituents is 1. The molecular formula is C19H16ClF3N4O4. The number of benzene rings is 2.